The number of benzene rings is 1. The van der Waals surface area contributed by atoms with Crippen LogP contribution in [-0.4, -0.2) is 30.0 Å². The van der Waals surface area contributed by atoms with E-state index < -0.39 is 5.97 Å². The van der Waals surface area contributed by atoms with Crippen LogP contribution in [0.2, 0.25) is 0 Å². The molecule has 0 fully saturated rings. The average Bonchev–Trinajstić information content (AvgIpc) is 3.01. The van der Waals surface area contributed by atoms with Crippen molar-refractivity contribution < 1.29 is 14.3 Å². The summed E-state index contributed by atoms with van der Waals surface area (Å²) in [6.07, 6.45) is 1.03. The Labute approximate surface area is 151 Å². The summed E-state index contributed by atoms with van der Waals surface area (Å²) in [7, 11) is 0. The third kappa shape index (κ3) is 6.54. The summed E-state index contributed by atoms with van der Waals surface area (Å²) >= 11 is 1.34. The van der Waals surface area contributed by atoms with Gasteiger partial charge in [0.1, 0.15) is 0 Å². The maximum atomic E-state index is 12.0. The summed E-state index contributed by atoms with van der Waals surface area (Å²) < 4.78 is 5.01. The number of nitrogens with zero attached hydrogens (tertiary/aromatic N) is 1. The van der Waals surface area contributed by atoms with Gasteiger partial charge in [0.25, 0.3) is 5.91 Å². The van der Waals surface area contributed by atoms with Crippen molar-refractivity contribution in [2.45, 2.75) is 27.2 Å². The molecule has 1 aromatic carbocycles. The predicted molar refractivity (Wildman–Crippen MR) is 100 cm³/mol. The molecule has 1 heterocycles. The van der Waals surface area contributed by atoms with Crippen molar-refractivity contribution in [2.75, 3.05) is 23.8 Å². The third-order valence-electron chi connectivity index (χ3n) is 3.35. The molecule has 6 nitrogen and oxygen atoms in total. The Hall–Kier alpha value is -2.41. The Morgan fingerprint density at radius 2 is 2.12 bits per heavy atom. The minimum atomic E-state index is -0.604. The van der Waals surface area contributed by atoms with Gasteiger partial charge in [-0.2, -0.15) is 0 Å². The molecule has 1 amide bonds. The molecule has 0 aliphatic carbocycles. The predicted octanol–water partition coefficient (Wildman–Crippen LogP) is 3.71. The summed E-state index contributed by atoms with van der Waals surface area (Å²) in [5.74, 6) is -0.388. The number of hydrogen-bond donors (Lipinski definition) is 2. The number of aromatic nitrogens is 1. The van der Waals surface area contributed by atoms with Gasteiger partial charge in [0.2, 0.25) is 0 Å². The Balaban J connectivity index is 1.78. The number of anilines is 2. The third-order valence-corrected chi connectivity index (χ3v) is 4.15. The van der Waals surface area contributed by atoms with Gasteiger partial charge in [-0.15, -0.1) is 11.3 Å². The molecule has 0 unspecified atom stereocenters. The first kappa shape index (κ1) is 18.9. The van der Waals surface area contributed by atoms with Crippen molar-refractivity contribution in [3.05, 3.63) is 40.9 Å². The summed E-state index contributed by atoms with van der Waals surface area (Å²) in [5.41, 5.74) is 1.92. The van der Waals surface area contributed by atoms with E-state index in [9.17, 15) is 9.59 Å². The summed E-state index contributed by atoms with van der Waals surface area (Å²) in [6.45, 7) is 6.69. The molecule has 0 saturated heterocycles. The van der Waals surface area contributed by atoms with Crippen molar-refractivity contribution >= 4 is 34.0 Å². The van der Waals surface area contributed by atoms with E-state index in [-0.39, 0.29) is 18.2 Å². The second-order valence-electron chi connectivity index (χ2n) is 6.14. The van der Waals surface area contributed by atoms with Crippen molar-refractivity contribution in [2.24, 2.45) is 5.92 Å². The second kappa shape index (κ2) is 9.17. The van der Waals surface area contributed by atoms with Crippen LogP contribution >= 0.6 is 11.3 Å². The smallest absolute Gasteiger partial charge is 0.358 e. The van der Waals surface area contributed by atoms with E-state index in [4.69, 9.17) is 4.74 Å². The number of ether oxygens (including phenoxy) is 1. The molecule has 0 spiro atoms. The molecule has 1 aromatic heterocycles. The zero-order valence-corrected chi connectivity index (χ0v) is 15.5. The zero-order chi connectivity index (χ0) is 18.2. The van der Waals surface area contributed by atoms with Gasteiger partial charge in [-0.3, -0.25) is 4.79 Å². The molecule has 2 N–H and O–H groups in total. The number of carbonyl (C=O) groups is 2. The van der Waals surface area contributed by atoms with E-state index in [1.54, 1.807) is 11.4 Å². The fraction of sp³-hybridized carbons (Fsp3) is 0.389. The number of nitrogens with one attached hydrogen (secondary N) is 2. The molecule has 0 aliphatic heterocycles. The number of amides is 1. The largest absolute Gasteiger partial charge is 0.451 e. The molecule has 0 saturated carbocycles. The minimum absolute atomic E-state index is 0.209. The molecule has 0 atom stereocenters. The van der Waals surface area contributed by atoms with Gasteiger partial charge in [0.15, 0.2) is 17.4 Å². The van der Waals surface area contributed by atoms with E-state index >= 15 is 0 Å². The van der Waals surface area contributed by atoms with Crippen LogP contribution in [0, 0.1) is 12.8 Å². The fourth-order valence-electron chi connectivity index (χ4n) is 2.04. The van der Waals surface area contributed by atoms with Gasteiger partial charge in [-0.05, 0) is 37.0 Å². The van der Waals surface area contributed by atoms with Gasteiger partial charge in [0.05, 0.1) is 0 Å². The number of hydrogen-bond acceptors (Lipinski definition) is 6. The topological polar surface area (TPSA) is 80.3 Å². The van der Waals surface area contributed by atoms with Crippen LogP contribution < -0.4 is 10.6 Å². The van der Waals surface area contributed by atoms with Gasteiger partial charge in [-0.25, -0.2) is 9.78 Å². The number of rotatable bonds is 8. The highest BCUT2D eigenvalue weighted by Gasteiger charge is 2.14. The highest BCUT2D eigenvalue weighted by atomic mass is 32.1. The first-order valence-corrected chi connectivity index (χ1v) is 9.05. The fourth-order valence-corrected chi connectivity index (χ4v) is 2.75. The number of thiazole rings is 1. The molecule has 0 aliphatic rings. The lowest BCUT2D eigenvalue weighted by atomic mass is 10.1. The minimum Gasteiger partial charge on any atom is -0.451 e. The van der Waals surface area contributed by atoms with E-state index in [1.807, 2.05) is 25.1 Å². The van der Waals surface area contributed by atoms with Crippen molar-refractivity contribution in [1.82, 2.24) is 4.98 Å². The second-order valence-corrected chi connectivity index (χ2v) is 7.00. The molecule has 7 heteroatoms. The molecule has 25 heavy (non-hydrogen) atoms. The van der Waals surface area contributed by atoms with Crippen LogP contribution in [0.3, 0.4) is 0 Å². The van der Waals surface area contributed by atoms with Crippen LogP contribution in [0.25, 0.3) is 0 Å². The summed E-state index contributed by atoms with van der Waals surface area (Å²) in [5, 5.41) is 8.16. The zero-order valence-electron chi connectivity index (χ0n) is 14.7. The standard InChI is InChI=1S/C18H23N3O3S/c1-12(2)7-8-19-18-21-15(11-25-18)17(23)24-10-16(22)20-14-6-4-5-13(3)9-14/h4-6,9,11-12H,7-8,10H2,1-3H3,(H,19,21)(H,20,22). The van der Waals surface area contributed by atoms with Crippen LogP contribution in [-0.2, 0) is 9.53 Å². The lowest BCUT2D eigenvalue weighted by Crippen LogP contribution is -2.21. The quantitative estimate of drug-likeness (QED) is 0.701. The summed E-state index contributed by atoms with van der Waals surface area (Å²) in [4.78, 5) is 28.0. The van der Waals surface area contributed by atoms with Gasteiger partial charge in [0, 0.05) is 17.6 Å². The highest BCUT2D eigenvalue weighted by molar-refractivity contribution is 7.13. The first-order valence-electron chi connectivity index (χ1n) is 8.17. The lowest BCUT2D eigenvalue weighted by molar-refractivity contribution is -0.119. The Morgan fingerprint density at radius 1 is 1.32 bits per heavy atom. The monoisotopic (exact) mass is 361 g/mol. The van der Waals surface area contributed by atoms with Crippen molar-refractivity contribution in [3.8, 4) is 0 Å². The van der Waals surface area contributed by atoms with Crippen LogP contribution in [0.4, 0.5) is 10.8 Å². The Bertz CT molecular complexity index is 728. The van der Waals surface area contributed by atoms with Gasteiger partial charge in [-0.1, -0.05) is 26.0 Å². The molecule has 0 radical (unpaired) electrons. The van der Waals surface area contributed by atoms with Gasteiger partial charge >= 0.3 is 5.97 Å². The highest BCUT2D eigenvalue weighted by Crippen LogP contribution is 2.16. The van der Waals surface area contributed by atoms with E-state index in [0.29, 0.717) is 16.7 Å². The summed E-state index contributed by atoms with van der Waals surface area (Å²) in [6, 6.07) is 7.41. The normalized spacial score (nSPS) is 10.6. The average molecular weight is 361 g/mol. The number of aryl methyl sites for hydroxylation is 1. The maximum absolute atomic E-state index is 12.0. The van der Waals surface area contributed by atoms with Crippen LogP contribution in [0.5, 0.6) is 0 Å². The molecule has 2 rings (SSSR count). The van der Waals surface area contributed by atoms with E-state index in [0.717, 1.165) is 18.5 Å². The van der Waals surface area contributed by atoms with Crippen LogP contribution in [0.15, 0.2) is 29.6 Å². The lowest BCUT2D eigenvalue weighted by Gasteiger charge is -2.06. The number of carbonyl (C=O) groups excluding carboxylic acids is 2. The number of esters is 1. The van der Waals surface area contributed by atoms with Crippen molar-refractivity contribution in [1.29, 1.82) is 0 Å². The maximum Gasteiger partial charge on any atom is 0.358 e. The molecule has 134 valence electrons. The molecular formula is C18H23N3O3S. The Kier molecular flexibility index (Phi) is 6.94. The first-order chi connectivity index (χ1) is 11.9. The van der Waals surface area contributed by atoms with Gasteiger partial charge < -0.3 is 15.4 Å². The molecular weight excluding hydrogens is 338 g/mol. The SMILES string of the molecule is Cc1cccc(NC(=O)COC(=O)c2csc(NCCC(C)C)n2)c1. The Morgan fingerprint density at radius 3 is 2.84 bits per heavy atom. The van der Waals surface area contributed by atoms with Crippen molar-refractivity contribution in [3.63, 3.8) is 0 Å². The van der Waals surface area contributed by atoms with E-state index in [1.165, 1.54) is 11.3 Å². The molecule has 2 aromatic rings. The van der Waals surface area contributed by atoms with E-state index in [2.05, 4.69) is 29.5 Å². The molecule has 0 bridgehead atoms. The van der Waals surface area contributed by atoms with Crippen LogP contribution in [0.1, 0.15) is 36.3 Å².